The Hall–Kier alpha value is -3.60. The van der Waals surface area contributed by atoms with Crippen molar-refractivity contribution in [2.75, 3.05) is 18.4 Å². The maximum Gasteiger partial charge on any atom is 0.316 e. The van der Waals surface area contributed by atoms with Crippen molar-refractivity contribution >= 4 is 22.9 Å². The van der Waals surface area contributed by atoms with E-state index in [2.05, 4.69) is 47.6 Å². The first-order valence-electron chi connectivity index (χ1n) is 16.6. The maximum absolute atomic E-state index is 13.2. The minimum atomic E-state index is -1.96. The van der Waals surface area contributed by atoms with Gasteiger partial charge in [-0.25, -0.2) is 4.98 Å². The van der Waals surface area contributed by atoms with Crippen molar-refractivity contribution in [3.63, 3.8) is 0 Å². The molecule has 1 heterocycles. The van der Waals surface area contributed by atoms with Gasteiger partial charge in [0, 0.05) is 5.56 Å². The molecule has 10 nitrogen and oxygen atoms in total. The normalized spacial score (nSPS) is 20.1. The lowest BCUT2D eigenvalue weighted by Crippen LogP contribution is -2.37. The molecule has 0 aliphatic heterocycles. The van der Waals surface area contributed by atoms with E-state index in [1.165, 1.54) is 32.8 Å². The zero-order valence-electron chi connectivity index (χ0n) is 28.1. The molecular weight excluding hydrogens is 604 g/mol. The van der Waals surface area contributed by atoms with E-state index in [0.717, 1.165) is 31.2 Å². The van der Waals surface area contributed by atoms with Crippen molar-refractivity contribution in [2.24, 2.45) is 17.8 Å². The number of H-pyrrole nitrogens is 1. The van der Waals surface area contributed by atoms with E-state index < -0.39 is 11.3 Å². The number of carbonyl (C=O) groups excluding carboxylic acids is 1. The second kappa shape index (κ2) is 17.4. The minimum Gasteiger partial charge on any atom is -0.495 e. The van der Waals surface area contributed by atoms with Crippen LogP contribution < -0.4 is 18.4 Å². The van der Waals surface area contributed by atoms with E-state index in [0.29, 0.717) is 64.5 Å². The molecule has 1 aromatic heterocycles. The summed E-state index contributed by atoms with van der Waals surface area (Å²) >= 11 is -1.96. The number of hydrogen-bond donors (Lipinski definition) is 2. The number of aromatic amines is 1. The Balaban J connectivity index is 1.37. The van der Waals surface area contributed by atoms with Gasteiger partial charge in [0.25, 0.3) is 0 Å². The first-order valence-corrected chi connectivity index (χ1v) is 17.6. The Labute approximate surface area is 276 Å². The van der Waals surface area contributed by atoms with Gasteiger partial charge < -0.3 is 18.4 Å². The molecule has 0 amide bonds. The Morgan fingerprint density at radius 1 is 0.978 bits per heavy atom. The number of aromatic nitrogens is 3. The Morgan fingerprint density at radius 2 is 1.70 bits per heavy atom. The highest BCUT2D eigenvalue weighted by Crippen LogP contribution is 2.35. The third-order valence-electron chi connectivity index (χ3n) is 8.45. The fourth-order valence-electron chi connectivity index (χ4n) is 6.24. The van der Waals surface area contributed by atoms with Crippen LogP contribution in [0.5, 0.6) is 17.2 Å². The van der Waals surface area contributed by atoms with Crippen molar-refractivity contribution < 1.29 is 27.4 Å². The summed E-state index contributed by atoms with van der Waals surface area (Å²) in [6, 6.07) is 10.8. The molecule has 0 spiro atoms. The van der Waals surface area contributed by atoms with Gasteiger partial charge in [-0.3, -0.25) is 14.6 Å². The molecule has 4 rings (SSSR count). The Morgan fingerprint density at radius 3 is 2.43 bits per heavy atom. The minimum absolute atomic E-state index is 0.00261. The number of hydrogen-bond acceptors (Lipinski definition) is 8. The third-order valence-corrected chi connectivity index (χ3v) is 9.17. The zero-order chi connectivity index (χ0) is 33.1. The van der Waals surface area contributed by atoms with Crippen molar-refractivity contribution in [1.29, 1.82) is 0 Å². The fourth-order valence-corrected chi connectivity index (χ4v) is 6.92. The average Bonchev–Trinajstić information content (AvgIpc) is 3.47. The lowest BCUT2D eigenvalue weighted by Gasteiger charge is -2.37. The monoisotopic (exact) mass is 654 g/mol. The van der Waals surface area contributed by atoms with Crippen LogP contribution in [0.1, 0.15) is 90.4 Å². The number of methoxy groups -OCH3 is 1. The van der Waals surface area contributed by atoms with Crippen molar-refractivity contribution in [3.05, 3.63) is 47.8 Å². The molecule has 1 fully saturated rings. The molecule has 1 aliphatic rings. The predicted octanol–water partition coefficient (Wildman–Crippen LogP) is 7.75. The number of ether oxygens (including phenoxy) is 3. The Kier molecular flexibility index (Phi) is 13.3. The molecule has 3 unspecified atom stereocenters. The Bertz CT molecular complexity index is 1430. The summed E-state index contributed by atoms with van der Waals surface area (Å²) < 4.78 is 39.2. The number of esters is 1. The van der Waals surface area contributed by atoms with Crippen LogP contribution >= 0.6 is 0 Å². The van der Waals surface area contributed by atoms with Gasteiger partial charge in [-0.2, -0.15) is 9.31 Å². The van der Waals surface area contributed by atoms with Crippen LogP contribution in [-0.4, -0.2) is 45.2 Å². The van der Waals surface area contributed by atoms with Gasteiger partial charge in [0.05, 0.1) is 19.4 Å². The van der Waals surface area contributed by atoms with Crippen LogP contribution in [0, 0.1) is 24.7 Å². The summed E-state index contributed by atoms with van der Waals surface area (Å²) in [5.41, 5.74) is 2.03. The number of benzene rings is 2. The largest absolute Gasteiger partial charge is 0.495 e. The topological polar surface area (TPSA) is 125 Å². The third kappa shape index (κ3) is 10.2. The highest BCUT2D eigenvalue weighted by atomic mass is 32.2. The van der Waals surface area contributed by atoms with Crippen molar-refractivity contribution in [3.8, 4) is 28.6 Å². The van der Waals surface area contributed by atoms with Gasteiger partial charge in [-0.1, -0.05) is 65.9 Å². The van der Waals surface area contributed by atoms with Gasteiger partial charge in [0.1, 0.15) is 24.1 Å². The highest BCUT2D eigenvalue weighted by molar-refractivity contribution is 7.82. The van der Waals surface area contributed by atoms with Crippen LogP contribution in [0.25, 0.3) is 11.4 Å². The van der Waals surface area contributed by atoms with Gasteiger partial charge in [0.2, 0.25) is 0 Å². The maximum atomic E-state index is 13.2. The molecular formula is C35H50N4O6S. The number of aryl methyl sites for hydroxylation is 1. The number of rotatable bonds is 17. The van der Waals surface area contributed by atoms with E-state index in [4.69, 9.17) is 18.4 Å². The molecule has 2 aromatic carbocycles. The number of unbranched alkanes of at least 4 members (excludes halogenated alkanes) is 5. The number of carbonyl (C=O) groups is 1. The predicted molar refractivity (Wildman–Crippen MR) is 181 cm³/mol. The molecule has 1 aliphatic carbocycles. The van der Waals surface area contributed by atoms with E-state index in [1.807, 2.05) is 19.1 Å². The molecule has 0 saturated heterocycles. The smallest absolute Gasteiger partial charge is 0.316 e. The molecule has 252 valence electrons. The summed E-state index contributed by atoms with van der Waals surface area (Å²) in [6.45, 7) is 11.3. The average molecular weight is 655 g/mol. The second-order valence-corrected chi connectivity index (χ2v) is 13.5. The SMILES string of the molecule is CCCCCCCCOc1ccc(C)cc1OS(=O)Nc1cc(-c2n[nH]c(CC(=O)OC3C(C)CC(C)CC3C)n2)ccc1OC. The lowest BCUT2D eigenvalue weighted by molar-refractivity contribution is -0.157. The summed E-state index contributed by atoms with van der Waals surface area (Å²) in [5.74, 6) is 3.16. The quantitative estimate of drug-likeness (QED) is 0.112. The van der Waals surface area contributed by atoms with Gasteiger partial charge >= 0.3 is 17.2 Å². The first kappa shape index (κ1) is 35.3. The summed E-state index contributed by atoms with van der Waals surface area (Å²) in [4.78, 5) is 17.3. The molecule has 3 atom stereocenters. The van der Waals surface area contributed by atoms with Crippen molar-refractivity contribution in [2.45, 2.75) is 98.5 Å². The molecule has 0 radical (unpaired) electrons. The summed E-state index contributed by atoms with van der Waals surface area (Å²) in [7, 11) is 1.53. The first-order chi connectivity index (χ1) is 22.2. The van der Waals surface area contributed by atoms with Gasteiger partial charge in [0.15, 0.2) is 17.3 Å². The van der Waals surface area contributed by atoms with Crippen LogP contribution in [0.15, 0.2) is 36.4 Å². The van der Waals surface area contributed by atoms with E-state index in [-0.39, 0.29) is 18.5 Å². The standard InChI is InChI=1S/C35H50N4O6S/c1-7-8-9-10-11-12-17-43-30-15-13-23(2)20-31(30)45-46(41)39-28-21-27(14-16-29(28)42-6)35-36-32(37-38-35)22-33(40)44-34-25(4)18-24(3)19-26(34)5/h13-16,20-21,24-26,34,39H,7-12,17-19,22H2,1-6H3,(H,36,37,38). The molecule has 2 N–H and O–H groups in total. The number of anilines is 1. The summed E-state index contributed by atoms with van der Waals surface area (Å²) in [5, 5.41) is 7.17. The molecule has 3 aromatic rings. The van der Waals surface area contributed by atoms with Crippen LogP contribution in [0.2, 0.25) is 0 Å². The summed E-state index contributed by atoms with van der Waals surface area (Å²) in [6.07, 6.45) is 9.00. The number of nitrogens with one attached hydrogen (secondary N) is 2. The highest BCUT2D eigenvalue weighted by Gasteiger charge is 2.34. The van der Waals surface area contributed by atoms with Gasteiger partial charge in [-0.15, -0.1) is 0 Å². The van der Waals surface area contributed by atoms with Crippen molar-refractivity contribution in [1.82, 2.24) is 15.2 Å². The van der Waals surface area contributed by atoms with E-state index in [9.17, 15) is 9.00 Å². The lowest BCUT2D eigenvalue weighted by atomic mass is 9.75. The number of nitrogens with zero attached hydrogens (tertiary/aromatic N) is 2. The second-order valence-electron chi connectivity index (χ2n) is 12.7. The van der Waals surface area contributed by atoms with Crippen LogP contribution in [-0.2, 0) is 27.2 Å². The fraction of sp³-hybridized carbons (Fsp3) is 0.571. The zero-order valence-corrected chi connectivity index (χ0v) is 28.9. The molecule has 46 heavy (non-hydrogen) atoms. The van der Waals surface area contributed by atoms with E-state index in [1.54, 1.807) is 24.3 Å². The van der Waals surface area contributed by atoms with Crippen LogP contribution in [0.3, 0.4) is 0 Å². The molecule has 1 saturated carbocycles. The van der Waals surface area contributed by atoms with Gasteiger partial charge in [-0.05, 0) is 79.8 Å². The molecule has 11 heteroatoms. The van der Waals surface area contributed by atoms with E-state index >= 15 is 0 Å². The van der Waals surface area contributed by atoms with Crippen LogP contribution in [0.4, 0.5) is 5.69 Å². The molecule has 0 bridgehead atoms.